The highest BCUT2D eigenvalue weighted by Gasteiger charge is 2.25. The van der Waals surface area contributed by atoms with Crippen molar-refractivity contribution < 1.29 is 38.2 Å². The van der Waals surface area contributed by atoms with Gasteiger partial charge in [-0.2, -0.15) is 0 Å². The molecule has 2 unspecified atom stereocenters. The first-order valence-electron chi connectivity index (χ1n) is 21.0. The zero-order chi connectivity index (χ0) is 40.0. The Balaban J connectivity index is 4.48. The second kappa shape index (κ2) is 36.7. The number of allylic oxidation sites excluding steroid dienone is 12. The number of rotatable bonds is 36. The summed E-state index contributed by atoms with van der Waals surface area (Å²) in [6.45, 7) is 4.41. The van der Waals surface area contributed by atoms with Crippen molar-refractivity contribution in [2.24, 2.45) is 0 Å². The molecule has 0 saturated heterocycles. The van der Waals surface area contributed by atoms with E-state index in [4.69, 9.17) is 14.2 Å². The topological polar surface area (TPSA) is 102 Å². The molecule has 0 spiro atoms. The highest BCUT2D eigenvalue weighted by atomic mass is 16.6. The Morgan fingerprint density at radius 1 is 0.574 bits per heavy atom. The summed E-state index contributed by atoms with van der Waals surface area (Å²) >= 11 is 0. The molecule has 8 heteroatoms. The fourth-order valence-corrected chi connectivity index (χ4v) is 5.68. The van der Waals surface area contributed by atoms with Crippen molar-refractivity contribution in [2.75, 3.05) is 41.0 Å². The van der Waals surface area contributed by atoms with Crippen LogP contribution in [-0.4, -0.2) is 75.5 Å². The predicted octanol–water partition coefficient (Wildman–Crippen LogP) is 9.85. The summed E-state index contributed by atoms with van der Waals surface area (Å²) in [6.07, 6.45) is 45.1. The molecule has 0 aromatic heterocycles. The number of carboxylic acids is 1. The van der Waals surface area contributed by atoms with Crippen LogP contribution in [0, 0.1) is 0 Å². The first kappa shape index (κ1) is 50.8. The number of aliphatic carboxylic acids is 1. The van der Waals surface area contributed by atoms with Gasteiger partial charge in [-0.25, -0.2) is 0 Å². The third-order valence-corrected chi connectivity index (χ3v) is 8.95. The van der Waals surface area contributed by atoms with Gasteiger partial charge in [0.25, 0.3) is 0 Å². The van der Waals surface area contributed by atoms with Gasteiger partial charge in [-0.1, -0.05) is 151 Å². The van der Waals surface area contributed by atoms with E-state index in [1.54, 1.807) is 21.1 Å². The number of unbranched alkanes of at least 4 members (excludes halogenated alkanes) is 14. The zero-order valence-electron chi connectivity index (χ0n) is 34.9. The first-order chi connectivity index (χ1) is 26.1. The molecular formula is C46H77NO7. The summed E-state index contributed by atoms with van der Waals surface area (Å²) < 4.78 is 17.0. The van der Waals surface area contributed by atoms with Crippen LogP contribution < -0.4 is 5.11 Å². The van der Waals surface area contributed by atoms with E-state index in [1.807, 2.05) is 54.7 Å². The molecule has 0 aromatic carbocycles. The predicted molar refractivity (Wildman–Crippen MR) is 222 cm³/mol. The molecule has 2 atom stereocenters. The van der Waals surface area contributed by atoms with E-state index in [-0.39, 0.29) is 49.1 Å². The summed E-state index contributed by atoms with van der Waals surface area (Å²) in [4.78, 5) is 36.7. The molecule has 0 bridgehead atoms. The van der Waals surface area contributed by atoms with E-state index in [9.17, 15) is 19.5 Å². The van der Waals surface area contributed by atoms with Gasteiger partial charge in [0.05, 0.1) is 40.3 Å². The number of nitrogens with zero attached hydrogens (tertiary/aromatic N) is 1. The molecular weight excluding hydrogens is 679 g/mol. The number of carbonyl (C=O) groups excluding carboxylic acids is 3. The van der Waals surface area contributed by atoms with E-state index in [1.165, 1.54) is 77.0 Å². The van der Waals surface area contributed by atoms with Crippen molar-refractivity contribution in [1.29, 1.82) is 0 Å². The van der Waals surface area contributed by atoms with Gasteiger partial charge < -0.3 is 28.6 Å². The minimum absolute atomic E-state index is 0.0128. The number of carbonyl (C=O) groups is 3. The second-order valence-electron chi connectivity index (χ2n) is 15.0. The maximum atomic E-state index is 12.7. The van der Waals surface area contributed by atoms with E-state index in [2.05, 4.69) is 32.1 Å². The monoisotopic (exact) mass is 756 g/mol. The number of esters is 2. The van der Waals surface area contributed by atoms with Crippen LogP contribution in [0.1, 0.15) is 149 Å². The highest BCUT2D eigenvalue weighted by molar-refractivity contribution is 5.70. The van der Waals surface area contributed by atoms with Crippen LogP contribution in [-0.2, 0) is 28.6 Å². The lowest BCUT2D eigenvalue weighted by Gasteiger charge is -2.34. The Bertz CT molecular complexity index is 1110. The Morgan fingerprint density at radius 3 is 1.63 bits per heavy atom. The van der Waals surface area contributed by atoms with Crippen LogP contribution in [0.25, 0.3) is 0 Å². The van der Waals surface area contributed by atoms with Gasteiger partial charge in [0, 0.05) is 19.3 Å². The third-order valence-electron chi connectivity index (χ3n) is 8.95. The van der Waals surface area contributed by atoms with E-state index >= 15 is 0 Å². The summed E-state index contributed by atoms with van der Waals surface area (Å²) in [7, 11) is 5.37. The van der Waals surface area contributed by atoms with Crippen LogP contribution in [0.3, 0.4) is 0 Å². The van der Waals surface area contributed by atoms with Gasteiger partial charge in [0.15, 0.2) is 6.10 Å². The van der Waals surface area contributed by atoms with Crippen molar-refractivity contribution in [3.8, 4) is 0 Å². The molecule has 0 fully saturated rings. The van der Waals surface area contributed by atoms with Crippen molar-refractivity contribution in [2.45, 2.75) is 161 Å². The summed E-state index contributed by atoms with van der Waals surface area (Å²) in [5.74, 6) is -1.85. The van der Waals surface area contributed by atoms with Gasteiger partial charge >= 0.3 is 11.9 Å². The van der Waals surface area contributed by atoms with Gasteiger partial charge in [0.2, 0.25) is 0 Å². The Hall–Kier alpha value is -3.23. The van der Waals surface area contributed by atoms with Crippen molar-refractivity contribution in [1.82, 2.24) is 0 Å². The summed E-state index contributed by atoms with van der Waals surface area (Å²) in [5, 5.41) is 11.6. The maximum Gasteiger partial charge on any atom is 0.306 e. The average molecular weight is 756 g/mol. The van der Waals surface area contributed by atoms with E-state index in [0.717, 1.165) is 32.1 Å². The number of hydrogen-bond donors (Lipinski definition) is 0. The van der Waals surface area contributed by atoms with Crippen LogP contribution >= 0.6 is 0 Å². The van der Waals surface area contributed by atoms with Crippen molar-refractivity contribution in [3.63, 3.8) is 0 Å². The van der Waals surface area contributed by atoms with E-state index in [0.29, 0.717) is 12.8 Å². The molecule has 0 radical (unpaired) electrons. The second-order valence-corrected chi connectivity index (χ2v) is 15.0. The summed E-state index contributed by atoms with van der Waals surface area (Å²) in [5.41, 5.74) is 0. The molecule has 0 amide bonds. The minimum Gasteiger partial charge on any atom is -0.544 e. The number of quaternary nitrogens is 1. The van der Waals surface area contributed by atoms with Crippen LogP contribution in [0.15, 0.2) is 72.9 Å². The molecule has 0 N–H and O–H groups in total. The largest absolute Gasteiger partial charge is 0.544 e. The number of ether oxygens (including phenoxy) is 3. The van der Waals surface area contributed by atoms with Crippen molar-refractivity contribution in [3.05, 3.63) is 72.9 Å². The quantitative estimate of drug-likeness (QED) is 0.0206. The molecule has 0 rings (SSSR count). The summed E-state index contributed by atoms with van der Waals surface area (Å²) in [6, 6.07) is -0.739. The minimum atomic E-state index is -1.14. The molecule has 0 heterocycles. The van der Waals surface area contributed by atoms with Crippen LogP contribution in [0.5, 0.6) is 0 Å². The molecule has 54 heavy (non-hydrogen) atoms. The molecule has 0 aliphatic carbocycles. The lowest BCUT2D eigenvalue weighted by Crippen LogP contribution is -2.55. The SMILES string of the molecule is CC/C=C/C=C/C=C/C=C/C=C/CCCC(=O)OCC(COCCC(C(=O)[O-])[N+](C)(C)C)OC(=O)CCCCCCCCC/C=C/CCCCCCCC. The lowest BCUT2D eigenvalue weighted by atomic mass is 10.1. The standard InChI is InChI=1S/C46H77NO7/c1-6-8-10-12-14-16-18-20-21-22-23-25-27-29-31-33-35-37-45(49)54-42(40-52-39-38-43(46(50)51)47(3,4)5)41-53-44(48)36-34-32-30-28-26-24-19-17-15-13-11-9-7-2/h9,11,13,15,17,19-21,24,26,28,30,42-43H,6-8,10,12,14,16,18,22-23,25,27,29,31-41H2,1-5H3/b11-9+,15-13+,19-17+,21-20+,26-24+,30-28+. The molecule has 8 nitrogen and oxygen atoms in total. The fourth-order valence-electron chi connectivity index (χ4n) is 5.68. The smallest absolute Gasteiger partial charge is 0.306 e. The number of hydrogen-bond acceptors (Lipinski definition) is 7. The van der Waals surface area contributed by atoms with Gasteiger partial charge in [-0.3, -0.25) is 9.59 Å². The zero-order valence-corrected chi connectivity index (χ0v) is 34.9. The van der Waals surface area contributed by atoms with E-state index < -0.39 is 18.1 Å². The van der Waals surface area contributed by atoms with Crippen LogP contribution in [0.4, 0.5) is 0 Å². The van der Waals surface area contributed by atoms with Crippen molar-refractivity contribution >= 4 is 17.9 Å². The molecule has 0 saturated carbocycles. The van der Waals surface area contributed by atoms with Crippen LogP contribution in [0.2, 0.25) is 0 Å². The Morgan fingerprint density at radius 2 is 1.07 bits per heavy atom. The number of carboxylic acid groups (broad SMARTS) is 1. The van der Waals surface area contributed by atoms with Gasteiger partial charge in [-0.15, -0.1) is 0 Å². The molecule has 0 aliphatic rings. The number of likely N-dealkylation sites (N-methyl/N-ethyl adjacent to an activating group) is 1. The molecule has 0 aromatic rings. The lowest BCUT2D eigenvalue weighted by molar-refractivity contribution is -0.889. The Labute approximate surface area is 330 Å². The Kier molecular flexibility index (Phi) is 34.5. The third kappa shape index (κ3) is 34.5. The fraction of sp³-hybridized carbons (Fsp3) is 0.674. The average Bonchev–Trinajstić information content (AvgIpc) is 3.12. The van der Waals surface area contributed by atoms with Gasteiger partial charge in [-0.05, 0) is 51.4 Å². The van der Waals surface area contributed by atoms with Gasteiger partial charge in [0.1, 0.15) is 12.6 Å². The normalized spacial score (nSPS) is 13.7. The highest BCUT2D eigenvalue weighted by Crippen LogP contribution is 2.13. The maximum absolute atomic E-state index is 12.7. The molecule has 308 valence electrons. The first-order valence-corrected chi connectivity index (χ1v) is 21.0. The molecule has 0 aliphatic heterocycles.